The smallest absolute Gasteiger partial charge is 0.203 e. The molecule has 0 atom stereocenters. The summed E-state index contributed by atoms with van der Waals surface area (Å²) in [5.41, 5.74) is 1.85. The van der Waals surface area contributed by atoms with E-state index in [1.54, 1.807) is 33.7 Å². The molecule has 0 spiro atoms. The summed E-state index contributed by atoms with van der Waals surface area (Å²) < 4.78 is 16.0. The molecule has 2 rings (SSSR count). The molecule has 1 aromatic heterocycles. The maximum atomic E-state index is 5.41. The van der Waals surface area contributed by atoms with Gasteiger partial charge < -0.3 is 14.2 Å². The predicted octanol–water partition coefficient (Wildman–Crippen LogP) is 2.67. The summed E-state index contributed by atoms with van der Waals surface area (Å²) in [6, 6.07) is 5.62. The molecule has 0 bridgehead atoms. The Labute approximate surface area is 117 Å². The van der Waals surface area contributed by atoms with E-state index in [1.807, 2.05) is 30.4 Å². The summed E-state index contributed by atoms with van der Waals surface area (Å²) in [6.07, 6.45) is 7.19. The van der Waals surface area contributed by atoms with Crippen molar-refractivity contribution in [2.45, 2.75) is 0 Å². The first kappa shape index (κ1) is 13.9. The Morgan fingerprint density at radius 2 is 1.65 bits per heavy atom. The van der Waals surface area contributed by atoms with Crippen LogP contribution in [0, 0.1) is 0 Å². The fraction of sp³-hybridized carbons (Fsp3) is 0.200. The van der Waals surface area contributed by atoms with E-state index >= 15 is 0 Å². The van der Waals surface area contributed by atoms with Crippen molar-refractivity contribution in [3.8, 4) is 17.2 Å². The van der Waals surface area contributed by atoms with Crippen LogP contribution in [0.5, 0.6) is 17.2 Å². The van der Waals surface area contributed by atoms with Crippen molar-refractivity contribution in [1.82, 2.24) is 10.2 Å². The zero-order valence-corrected chi connectivity index (χ0v) is 11.7. The van der Waals surface area contributed by atoms with E-state index in [1.165, 1.54) is 0 Å². The van der Waals surface area contributed by atoms with Gasteiger partial charge >= 0.3 is 0 Å². The van der Waals surface area contributed by atoms with Crippen molar-refractivity contribution >= 4 is 12.2 Å². The third-order valence-corrected chi connectivity index (χ3v) is 2.80. The van der Waals surface area contributed by atoms with Crippen LogP contribution in [0.25, 0.3) is 12.2 Å². The molecule has 0 radical (unpaired) electrons. The van der Waals surface area contributed by atoms with E-state index < -0.39 is 0 Å². The van der Waals surface area contributed by atoms with Gasteiger partial charge in [0.05, 0.1) is 33.7 Å². The maximum Gasteiger partial charge on any atom is 0.203 e. The Hall–Kier alpha value is -2.56. The second-order valence-electron chi connectivity index (χ2n) is 3.93. The van der Waals surface area contributed by atoms with E-state index in [0.29, 0.717) is 17.2 Å². The van der Waals surface area contributed by atoms with Crippen LogP contribution in [-0.4, -0.2) is 31.5 Å². The highest BCUT2D eigenvalue weighted by Crippen LogP contribution is 2.40. The lowest BCUT2D eigenvalue weighted by Gasteiger charge is -2.13. The van der Waals surface area contributed by atoms with Crippen molar-refractivity contribution in [1.29, 1.82) is 0 Å². The monoisotopic (exact) mass is 272 g/mol. The first-order valence-electron chi connectivity index (χ1n) is 6.04. The third kappa shape index (κ3) is 2.88. The van der Waals surface area contributed by atoms with Gasteiger partial charge in [0.15, 0.2) is 11.5 Å². The van der Waals surface area contributed by atoms with Crippen LogP contribution in [0.15, 0.2) is 30.6 Å². The molecule has 5 heteroatoms. The molecule has 5 nitrogen and oxygen atoms in total. The number of rotatable bonds is 5. The van der Waals surface area contributed by atoms with Gasteiger partial charge in [0.1, 0.15) is 0 Å². The summed E-state index contributed by atoms with van der Waals surface area (Å²) >= 11 is 0. The Bertz CT molecular complexity index is 598. The number of ether oxygens (including phenoxy) is 3. The molecule has 1 aromatic carbocycles. The molecule has 0 aliphatic heterocycles. The van der Waals surface area contributed by atoms with Gasteiger partial charge in [-0.25, -0.2) is 0 Å². The maximum absolute atomic E-state index is 5.41. The fourth-order valence-electron chi connectivity index (χ4n) is 1.84. The molecule has 0 saturated heterocycles. The molecule has 20 heavy (non-hydrogen) atoms. The molecular formula is C15H16N2O3. The average Bonchev–Trinajstić information content (AvgIpc) is 2.52. The van der Waals surface area contributed by atoms with Gasteiger partial charge in [-0.3, -0.25) is 0 Å². The third-order valence-electron chi connectivity index (χ3n) is 2.80. The molecule has 2 aromatic rings. The molecule has 0 fully saturated rings. The van der Waals surface area contributed by atoms with Gasteiger partial charge in [-0.15, -0.1) is 0 Å². The van der Waals surface area contributed by atoms with Crippen LogP contribution in [-0.2, 0) is 0 Å². The van der Waals surface area contributed by atoms with Crippen LogP contribution >= 0.6 is 0 Å². The minimum atomic E-state index is 0.574. The quantitative estimate of drug-likeness (QED) is 0.837. The number of nitrogens with zero attached hydrogens (tertiary/aromatic N) is 2. The fourth-order valence-corrected chi connectivity index (χ4v) is 1.84. The van der Waals surface area contributed by atoms with Crippen molar-refractivity contribution in [3.63, 3.8) is 0 Å². The van der Waals surface area contributed by atoms with Crippen LogP contribution in [0.3, 0.4) is 0 Å². The van der Waals surface area contributed by atoms with Gasteiger partial charge in [-0.1, -0.05) is 12.2 Å². The van der Waals surface area contributed by atoms with E-state index in [9.17, 15) is 0 Å². The van der Waals surface area contributed by atoms with Gasteiger partial charge in [0.2, 0.25) is 5.75 Å². The predicted molar refractivity (Wildman–Crippen MR) is 77.1 cm³/mol. The van der Waals surface area contributed by atoms with Gasteiger partial charge in [-0.2, -0.15) is 10.2 Å². The molecule has 1 heterocycles. The SMILES string of the molecule is COc1ccc(/C=C\c2ccnnc2)c(OC)c1OC. The standard InChI is InChI=1S/C15H16N2O3/c1-18-13-7-6-12(14(19-2)15(13)20-3)5-4-11-8-9-16-17-10-11/h4-10H,1-3H3/b5-4-. The Morgan fingerprint density at radius 1 is 0.850 bits per heavy atom. The summed E-state index contributed by atoms with van der Waals surface area (Å²) in [7, 11) is 4.78. The first-order valence-corrected chi connectivity index (χ1v) is 6.04. The zero-order chi connectivity index (χ0) is 14.4. The Kier molecular flexibility index (Phi) is 4.55. The van der Waals surface area contributed by atoms with Crippen molar-refractivity contribution in [2.24, 2.45) is 0 Å². The van der Waals surface area contributed by atoms with Gasteiger partial charge in [-0.05, 0) is 23.8 Å². The second kappa shape index (κ2) is 6.56. The first-order chi connectivity index (χ1) is 9.80. The molecule has 104 valence electrons. The lowest BCUT2D eigenvalue weighted by molar-refractivity contribution is 0.324. The number of benzene rings is 1. The number of hydrogen-bond acceptors (Lipinski definition) is 5. The summed E-state index contributed by atoms with van der Waals surface area (Å²) in [6.45, 7) is 0. The molecule has 0 N–H and O–H groups in total. The largest absolute Gasteiger partial charge is 0.493 e. The molecule has 0 amide bonds. The van der Waals surface area contributed by atoms with Crippen molar-refractivity contribution < 1.29 is 14.2 Å². The number of hydrogen-bond donors (Lipinski definition) is 0. The molecule has 0 aliphatic rings. The molecule has 0 saturated carbocycles. The lowest BCUT2D eigenvalue weighted by Crippen LogP contribution is -1.96. The van der Waals surface area contributed by atoms with Crippen LogP contribution in [0.2, 0.25) is 0 Å². The van der Waals surface area contributed by atoms with E-state index in [2.05, 4.69) is 10.2 Å². The van der Waals surface area contributed by atoms with Crippen molar-refractivity contribution in [2.75, 3.05) is 21.3 Å². The lowest BCUT2D eigenvalue weighted by atomic mass is 10.1. The van der Waals surface area contributed by atoms with E-state index in [4.69, 9.17) is 14.2 Å². The minimum absolute atomic E-state index is 0.574. The Morgan fingerprint density at radius 3 is 2.25 bits per heavy atom. The van der Waals surface area contributed by atoms with Crippen molar-refractivity contribution in [3.05, 3.63) is 41.7 Å². The van der Waals surface area contributed by atoms with Crippen LogP contribution < -0.4 is 14.2 Å². The highest BCUT2D eigenvalue weighted by molar-refractivity contribution is 5.75. The zero-order valence-electron chi connectivity index (χ0n) is 11.7. The highest BCUT2D eigenvalue weighted by atomic mass is 16.5. The number of methoxy groups -OCH3 is 3. The molecule has 0 aliphatic carbocycles. The average molecular weight is 272 g/mol. The minimum Gasteiger partial charge on any atom is -0.493 e. The van der Waals surface area contributed by atoms with Crippen LogP contribution in [0.1, 0.15) is 11.1 Å². The Balaban J connectivity index is 2.39. The van der Waals surface area contributed by atoms with Gasteiger partial charge in [0.25, 0.3) is 0 Å². The topological polar surface area (TPSA) is 53.5 Å². The number of aromatic nitrogens is 2. The van der Waals surface area contributed by atoms with E-state index in [-0.39, 0.29) is 0 Å². The summed E-state index contributed by atoms with van der Waals surface area (Å²) in [4.78, 5) is 0. The normalized spacial score (nSPS) is 10.6. The molecule has 0 unspecified atom stereocenters. The highest BCUT2D eigenvalue weighted by Gasteiger charge is 2.13. The van der Waals surface area contributed by atoms with E-state index in [0.717, 1.165) is 11.1 Å². The summed E-state index contributed by atoms with van der Waals surface area (Å²) in [5, 5.41) is 7.56. The van der Waals surface area contributed by atoms with Crippen LogP contribution in [0.4, 0.5) is 0 Å². The molecular weight excluding hydrogens is 256 g/mol. The second-order valence-corrected chi connectivity index (χ2v) is 3.93. The summed E-state index contributed by atoms with van der Waals surface area (Å²) in [5.74, 6) is 1.84. The van der Waals surface area contributed by atoms with Gasteiger partial charge in [0, 0.05) is 5.56 Å².